The lowest BCUT2D eigenvalue weighted by atomic mass is 9.80. The van der Waals surface area contributed by atoms with E-state index < -0.39 is 5.60 Å². The van der Waals surface area contributed by atoms with Gasteiger partial charge in [-0.05, 0) is 37.0 Å². The smallest absolute Gasteiger partial charge is 0.0771 e. The Morgan fingerprint density at radius 1 is 1.29 bits per heavy atom. The first-order valence-electron chi connectivity index (χ1n) is 6.25. The highest BCUT2D eigenvalue weighted by atomic mass is 16.3. The van der Waals surface area contributed by atoms with Crippen molar-refractivity contribution >= 4 is 10.9 Å². The normalized spacial score (nSPS) is 18.2. The Morgan fingerprint density at radius 3 is 2.94 bits per heavy atom. The molecule has 1 fully saturated rings. The van der Waals surface area contributed by atoms with Crippen LogP contribution in [-0.4, -0.2) is 22.2 Å². The summed E-state index contributed by atoms with van der Waals surface area (Å²) >= 11 is 0. The third kappa shape index (κ3) is 2.08. The van der Waals surface area contributed by atoms with Crippen molar-refractivity contribution in [1.29, 1.82) is 0 Å². The van der Waals surface area contributed by atoms with Crippen LogP contribution in [0.3, 0.4) is 0 Å². The molecule has 0 amide bonds. The summed E-state index contributed by atoms with van der Waals surface area (Å²) < 4.78 is 0. The van der Waals surface area contributed by atoms with Gasteiger partial charge in [0.2, 0.25) is 0 Å². The fraction of sp³-hybridized carbons (Fsp3) is 0.429. The van der Waals surface area contributed by atoms with Crippen LogP contribution in [0.15, 0.2) is 30.5 Å². The summed E-state index contributed by atoms with van der Waals surface area (Å²) in [5.74, 6) is 0. The maximum absolute atomic E-state index is 9.99. The summed E-state index contributed by atoms with van der Waals surface area (Å²) in [4.78, 5) is 3.21. The van der Waals surface area contributed by atoms with Crippen molar-refractivity contribution in [2.75, 3.05) is 6.54 Å². The van der Waals surface area contributed by atoms with E-state index in [0.717, 1.165) is 25.8 Å². The number of nitrogens with one attached hydrogen (secondary N) is 2. The van der Waals surface area contributed by atoms with Gasteiger partial charge in [-0.15, -0.1) is 0 Å². The first-order valence-corrected chi connectivity index (χ1v) is 6.25. The lowest BCUT2D eigenvalue weighted by molar-refractivity contribution is -0.0314. The number of aromatic amines is 1. The maximum Gasteiger partial charge on any atom is 0.0771 e. The molecule has 1 aromatic carbocycles. The molecule has 3 heteroatoms. The first kappa shape index (κ1) is 10.8. The standard InChI is InChI=1S/C14H18N2O/c17-14(6-2-7-14)10-15-9-11-3-1-4-13-12(11)5-8-16-13/h1,3-5,8,15-17H,2,6-7,9-10H2. The number of fused-ring (bicyclic) bond motifs is 1. The minimum atomic E-state index is -0.438. The van der Waals surface area contributed by atoms with Gasteiger partial charge in [-0.3, -0.25) is 0 Å². The Morgan fingerprint density at radius 2 is 2.18 bits per heavy atom. The molecule has 3 N–H and O–H groups in total. The number of aliphatic hydroxyl groups is 1. The molecule has 0 atom stereocenters. The fourth-order valence-corrected chi connectivity index (χ4v) is 2.50. The van der Waals surface area contributed by atoms with E-state index in [1.54, 1.807) is 0 Å². The van der Waals surface area contributed by atoms with Crippen LogP contribution in [0.5, 0.6) is 0 Å². The molecule has 1 saturated carbocycles. The molecule has 0 spiro atoms. The largest absolute Gasteiger partial charge is 0.389 e. The topological polar surface area (TPSA) is 48.0 Å². The molecule has 17 heavy (non-hydrogen) atoms. The van der Waals surface area contributed by atoms with Crippen molar-refractivity contribution in [3.05, 3.63) is 36.0 Å². The van der Waals surface area contributed by atoms with E-state index >= 15 is 0 Å². The Kier molecular flexibility index (Phi) is 2.65. The van der Waals surface area contributed by atoms with Gasteiger partial charge in [0.1, 0.15) is 0 Å². The fourth-order valence-electron chi connectivity index (χ4n) is 2.50. The van der Waals surface area contributed by atoms with Gasteiger partial charge in [0.15, 0.2) is 0 Å². The van der Waals surface area contributed by atoms with Crippen molar-refractivity contribution < 1.29 is 5.11 Å². The van der Waals surface area contributed by atoms with Crippen LogP contribution in [0.1, 0.15) is 24.8 Å². The van der Waals surface area contributed by atoms with Crippen LogP contribution < -0.4 is 5.32 Å². The average molecular weight is 230 g/mol. The summed E-state index contributed by atoms with van der Waals surface area (Å²) in [5, 5.41) is 14.6. The minimum absolute atomic E-state index is 0.438. The predicted molar refractivity (Wildman–Crippen MR) is 68.8 cm³/mol. The lowest BCUT2D eigenvalue weighted by Gasteiger charge is -2.36. The molecule has 3 rings (SSSR count). The molecule has 2 aromatic rings. The van der Waals surface area contributed by atoms with Crippen LogP contribution >= 0.6 is 0 Å². The molecule has 0 saturated heterocycles. The SMILES string of the molecule is OC1(CNCc2cccc3[nH]ccc23)CCC1. The zero-order chi connectivity index (χ0) is 11.7. The third-order valence-corrected chi connectivity index (χ3v) is 3.74. The van der Waals surface area contributed by atoms with Gasteiger partial charge >= 0.3 is 0 Å². The summed E-state index contributed by atoms with van der Waals surface area (Å²) in [6.07, 6.45) is 5.00. The zero-order valence-electron chi connectivity index (χ0n) is 9.87. The number of benzene rings is 1. The number of hydrogen-bond acceptors (Lipinski definition) is 2. The lowest BCUT2D eigenvalue weighted by Crippen LogP contribution is -2.45. The molecular formula is C14H18N2O. The van der Waals surface area contributed by atoms with Crippen LogP contribution in [0.4, 0.5) is 0 Å². The first-order chi connectivity index (χ1) is 8.27. The number of H-pyrrole nitrogens is 1. The van der Waals surface area contributed by atoms with E-state index in [1.165, 1.54) is 16.5 Å². The molecule has 90 valence electrons. The molecule has 0 unspecified atom stereocenters. The Labute approximate surface area is 101 Å². The van der Waals surface area contributed by atoms with Gasteiger partial charge in [-0.25, -0.2) is 0 Å². The highest BCUT2D eigenvalue weighted by molar-refractivity contribution is 5.82. The third-order valence-electron chi connectivity index (χ3n) is 3.74. The van der Waals surface area contributed by atoms with Crippen molar-refractivity contribution in [3.8, 4) is 0 Å². The van der Waals surface area contributed by atoms with Crippen LogP contribution in [0.2, 0.25) is 0 Å². The summed E-state index contributed by atoms with van der Waals surface area (Å²) in [5.41, 5.74) is 2.02. The van der Waals surface area contributed by atoms with Gasteiger partial charge < -0.3 is 15.4 Å². The van der Waals surface area contributed by atoms with Gasteiger partial charge in [0, 0.05) is 30.2 Å². The van der Waals surface area contributed by atoms with E-state index in [9.17, 15) is 5.11 Å². The van der Waals surface area contributed by atoms with E-state index in [1.807, 2.05) is 6.20 Å². The second kappa shape index (κ2) is 4.17. The highest BCUT2D eigenvalue weighted by Crippen LogP contribution is 2.30. The number of hydrogen-bond donors (Lipinski definition) is 3. The van der Waals surface area contributed by atoms with E-state index in [-0.39, 0.29) is 0 Å². The van der Waals surface area contributed by atoms with Crippen LogP contribution in [0.25, 0.3) is 10.9 Å². The molecule has 1 aliphatic rings. The van der Waals surface area contributed by atoms with Gasteiger partial charge in [0.05, 0.1) is 5.60 Å². The van der Waals surface area contributed by atoms with Crippen molar-refractivity contribution in [2.24, 2.45) is 0 Å². The van der Waals surface area contributed by atoms with Crippen LogP contribution in [-0.2, 0) is 6.54 Å². The minimum Gasteiger partial charge on any atom is -0.389 e. The predicted octanol–water partition coefficient (Wildman–Crippen LogP) is 2.17. The van der Waals surface area contributed by atoms with Crippen molar-refractivity contribution in [1.82, 2.24) is 10.3 Å². The summed E-state index contributed by atoms with van der Waals surface area (Å²) in [6.45, 7) is 1.52. The van der Waals surface area contributed by atoms with E-state index in [2.05, 4.69) is 34.6 Å². The molecule has 0 bridgehead atoms. The molecule has 1 aromatic heterocycles. The molecule has 0 radical (unpaired) electrons. The molecule has 0 aliphatic heterocycles. The number of rotatable bonds is 4. The van der Waals surface area contributed by atoms with Crippen molar-refractivity contribution in [3.63, 3.8) is 0 Å². The average Bonchev–Trinajstić information content (AvgIpc) is 2.75. The summed E-state index contributed by atoms with van der Waals surface area (Å²) in [6, 6.07) is 8.38. The molecular weight excluding hydrogens is 212 g/mol. The maximum atomic E-state index is 9.99. The van der Waals surface area contributed by atoms with Crippen molar-refractivity contribution in [2.45, 2.75) is 31.4 Å². The molecule has 1 aliphatic carbocycles. The van der Waals surface area contributed by atoms with Gasteiger partial charge in [-0.1, -0.05) is 12.1 Å². The molecule has 1 heterocycles. The Balaban J connectivity index is 1.66. The van der Waals surface area contributed by atoms with E-state index in [0.29, 0.717) is 6.54 Å². The second-order valence-electron chi connectivity index (χ2n) is 5.04. The van der Waals surface area contributed by atoms with E-state index in [4.69, 9.17) is 0 Å². The van der Waals surface area contributed by atoms with Gasteiger partial charge in [-0.2, -0.15) is 0 Å². The zero-order valence-corrected chi connectivity index (χ0v) is 9.87. The number of aromatic nitrogens is 1. The molecule has 3 nitrogen and oxygen atoms in total. The monoisotopic (exact) mass is 230 g/mol. The quantitative estimate of drug-likeness (QED) is 0.754. The Hall–Kier alpha value is -1.32. The highest BCUT2D eigenvalue weighted by Gasteiger charge is 2.33. The Bertz CT molecular complexity index is 514. The van der Waals surface area contributed by atoms with Crippen LogP contribution in [0, 0.1) is 0 Å². The van der Waals surface area contributed by atoms with Gasteiger partial charge in [0.25, 0.3) is 0 Å². The summed E-state index contributed by atoms with van der Waals surface area (Å²) in [7, 11) is 0. The second-order valence-corrected chi connectivity index (χ2v) is 5.04.